The summed E-state index contributed by atoms with van der Waals surface area (Å²) in [5, 5.41) is 0.973. The molecule has 0 unspecified atom stereocenters. The van der Waals surface area contributed by atoms with Crippen LogP contribution in [0.4, 0.5) is 0 Å². The van der Waals surface area contributed by atoms with Gasteiger partial charge in [-0.05, 0) is 31.0 Å². The molecule has 1 amide bonds. The first kappa shape index (κ1) is 15.6. The minimum absolute atomic E-state index is 0.00825. The standard InChI is InChI=1S/C20H19N3O2/c24-19(17-13-22-18-6-2-1-5-16(17)18)14-7-10-23(11-8-14)20(25)15-4-3-9-21-12-15/h1-6,9,12-14,22H,7-8,10-11H2. The van der Waals surface area contributed by atoms with Crippen LogP contribution in [0.1, 0.15) is 33.6 Å². The molecule has 3 aromatic rings. The molecule has 0 bridgehead atoms. The number of ketones is 1. The van der Waals surface area contributed by atoms with Crippen molar-refractivity contribution in [1.82, 2.24) is 14.9 Å². The van der Waals surface area contributed by atoms with Gasteiger partial charge in [-0.3, -0.25) is 14.6 Å². The second-order valence-electron chi connectivity index (χ2n) is 6.42. The molecule has 1 saturated heterocycles. The van der Waals surface area contributed by atoms with Gasteiger partial charge in [0, 0.05) is 54.1 Å². The van der Waals surface area contributed by atoms with Crippen molar-refractivity contribution in [3.8, 4) is 0 Å². The molecule has 0 radical (unpaired) electrons. The predicted molar refractivity (Wildman–Crippen MR) is 95.5 cm³/mol. The zero-order chi connectivity index (χ0) is 17.2. The minimum Gasteiger partial charge on any atom is -0.360 e. The van der Waals surface area contributed by atoms with E-state index in [1.54, 1.807) is 30.7 Å². The van der Waals surface area contributed by atoms with Gasteiger partial charge in [-0.1, -0.05) is 18.2 Å². The number of carbonyl (C=O) groups is 2. The molecule has 0 saturated carbocycles. The number of fused-ring (bicyclic) bond motifs is 1. The third-order valence-corrected chi connectivity index (χ3v) is 4.92. The lowest BCUT2D eigenvalue weighted by molar-refractivity contribution is 0.0650. The Morgan fingerprint density at radius 1 is 1.08 bits per heavy atom. The molecule has 3 heterocycles. The van der Waals surface area contributed by atoms with Crippen molar-refractivity contribution in [2.75, 3.05) is 13.1 Å². The number of H-pyrrole nitrogens is 1. The Morgan fingerprint density at radius 3 is 2.64 bits per heavy atom. The number of para-hydroxylation sites is 1. The topological polar surface area (TPSA) is 66.1 Å². The number of Topliss-reactive ketones (excluding diaryl/α,β-unsaturated/α-hetero) is 1. The van der Waals surface area contributed by atoms with Gasteiger partial charge < -0.3 is 9.88 Å². The number of amides is 1. The third kappa shape index (κ3) is 2.93. The van der Waals surface area contributed by atoms with Crippen LogP contribution in [0.15, 0.2) is 55.0 Å². The van der Waals surface area contributed by atoms with Crippen LogP contribution >= 0.6 is 0 Å². The Labute approximate surface area is 145 Å². The molecular weight excluding hydrogens is 314 g/mol. The monoisotopic (exact) mass is 333 g/mol. The van der Waals surface area contributed by atoms with E-state index in [1.165, 1.54) is 0 Å². The Bertz CT molecular complexity index is 909. The van der Waals surface area contributed by atoms with Crippen molar-refractivity contribution >= 4 is 22.6 Å². The average molecular weight is 333 g/mol. The van der Waals surface area contributed by atoms with Crippen molar-refractivity contribution in [3.05, 3.63) is 66.1 Å². The summed E-state index contributed by atoms with van der Waals surface area (Å²) >= 11 is 0. The SMILES string of the molecule is O=C(c1c[nH]c2ccccc12)C1CCN(C(=O)c2cccnc2)CC1. The van der Waals surface area contributed by atoms with E-state index in [-0.39, 0.29) is 17.6 Å². The first-order chi connectivity index (χ1) is 12.2. The number of carbonyl (C=O) groups excluding carboxylic acids is 2. The maximum atomic E-state index is 12.9. The average Bonchev–Trinajstić information content (AvgIpc) is 3.12. The van der Waals surface area contributed by atoms with Crippen LogP contribution in [0.25, 0.3) is 10.9 Å². The molecule has 5 heteroatoms. The highest BCUT2D eigenvalue weighted by atomic mass is 16.2. The molecule has 5 nitrogen and oxygen atoms in total. The summed E-state index contributed by atoms with van der Waals surface area (Å²) in [5.74, 6) is 0.133. The Balaban J connectivity index is 1.45. The summed E-state index contributed by atoms with van der Waals surface area (Å²) < 4.78 is 0. The van der Waals surface area contributed by atoms with Crippen LogP contribution < -0.4 is 0 Å². The van der Waals surface area contributed by atoms with E-state index in [4.69, 9.17) is 0 Å². The molecule has 1 aliphatic heterocycles. The molecule has 0 spiro atoms. The fourth-order valence-electron chi connectivity index (χ4n) is 3.51. The summed E-state index contributed by atoms with van der Waals surface area (Å²) in [4.78, 5) is 34.3. The van der Waals surface area contributed by atoms with E-state index >= 15 is 0 Å². The van der Waals surface area contributed by atoms with E-state index < -0.39 is 0 Å². The van der Waals surface area contributed by atoms with Crippen LogP contribution in [0.5, 0.6) is 0 Å². The lowest BCUT2D eigenvalue weighted by Crippen LogP contribution is -2.40. The van der Waals surface area contributed by atoms with Gasteiger partial charge in [-0.25, -0.2) is 0 Å². The maximum Gasteiger partial charge on any atom is 0.255 e. The van der Waals surface area contributed by atoms with Crippen LogP contribution in [0.2, 0.25) is 0 Å². The highest BCUT2D eigenvalue weighted by Crippen LogP contribution is 2.26. The number of likely N-dealkylation sites (tertiary alicyclic amines) is 1. The normalized spacial score (nSPS) is 15.4. The van der Waals surface area contributed by atoms with E-state index in [0.717, 1.165) is 16.5 Å². The number of aromatic amines is 1. The Hall–Kier alpha value is -2.95. The zero-order valence-corrected chi connectivity index (χ0v) is 13.8. The van der Waals surface area contributed by atoms with Gasteiger partial charge in [0.1, 0.15) is 0 Å². The summed E-state index contributed by atoms with van der Waals surface area (Å²) in [6.45, 7) is 1.21. The molecule has 0 aliphatic carbocycles. The van der Waals surface area contributed by atoms with Crippen molar-refractivity contribution in [1.29, 1.82) is 0 Å². The largest absolute Gasteiger partial charge is 0.360 e. The number of aromatic nitrogens is 2. The number of hydrogen-bond acceptors (Lipinski definition) is 3. The fraction of sp³-hybridized carbons (Fsp3) is 0.250. The van der Waals surface area contributed by atoms with Gasteiger partial charge in [0.2, 0.25) is 0 Å². The Morgan fingerprint density at radius 2 is 1.88 bits per heavy atom. The summed E-state index contributed by atoms with van der Waals surface area (Å²) in [7, 11) is 0. The summed E-state index contributed by atoms with van der Waals surface area (Å²) in [6.07, 6.45) is 6.45. The van der Waals surface area contributed by atoms with Gasteiger partial charge in [-0.15, -0.1) is 0 Å². The predicted octanol–water partition coefficient (Wildman–Crippen LogP) is 3.30. The van der Waals surface area contributed by atoms with Crippen molar-refractivity contribution < 1.29 is 9.59 Å². The van der Waals surface area contributed by atoms with E-state index in [2.05, 4.69) is 9.97 Å². The highest BCUT2D eigenvalue weighted by molar-refractivity contribution is 6.09. The second kappa shape index (κ2) is 6.51. The molecule has 1 N–H and O–H groups in total. The van der Waals surface area contributed by atoms with Crippen molar-refractivity contribution in [3.63, 3.8) is 0 Å². The van der Waals surface area contributed by atoms with E-state index in [9.17, 15) is 9.59 Å². The third-order valence-electron chi connectivity index (χ3n) is 4.92. The van der Waals surface area contributed by atoms with Gasteiger partial charge in [-0.2, -0.15) is 0 Å². The number of nitrogens with one attached hydrogen (secondary N) is 1. The van der Waals surface area contributed by atoms with E-state index in [1.807, 2.05) is 29.2 Å². The molecule has 4 rings (SSSR count). The molecule has 126 valence electrons. The number of nitrogens with zero attached hydrogens (tertiary/aromatic N) is 2. The summed E-state index contributed by atoms with van der Waals surface area (Å²) in [6, 6.07) is 11.4. The van der Waals surface area contributed by atoms with Crippen LogP contribution in [0.3, 0.4) is 0 Å². The van der Waals surface area contributed by atoms with Gasteiger partial charge in [0.05, 0.1) is 5.56 Å². The van der Waals surface area contributed by atoms with Crippen LogP contribution in [0, 0.1) is 5.92 Å². The van der Waals surface area contributed by atoms with Gasteiger partial charge in [0.25, 0.3) is 5.91 Å². The van der Waals surface area contributed by atoms with E-state index in [0.29, 0.717) is 31.5 Å². The van der Waals surface area contributed by atoms with Crippen LogP contribution in [-0.4, -0.2) is 39.6 Å². The number of hydrogen-bond donors (Lipinski definition) is 1. The highest BCUT2D eigenvalue weighted by Gasteiger charge is 2.29. The lowest BCUT2D eigenvalue weighted by atomic mass is 9.88. The fourth-order valence-corrected chi connectivity index (χ4v) is 3.51. The first-order valence-electron chi connectivity index (χ1n) is 8.53. The van der Waals surface area contributed by atoms with Crippen molar-refractivity contribution in [2.24, 2.45) is 5.92 Å². The maximum absolute atomic E-state index is 12.9. The first-order valence-corrected chi connectivity index (χ1v) is 8.53. The Kier molecular flexibility index (Phi) is 4.06. The lowest BCUT2D eigenvalue weighted by Gasteiger charge is -2.31. The quantitative estimate of drug-likeness (QED) is 0.748. The van der Waals surface area contributed by atoms with Crippen LogP contribution in [-0.2, 0) is 0 Å². The van der Waals surface area contributed by atoms with Crippen molar-refractivity contribution in [2.45, 2.75) is 12.8 Å². The molecule has 1 aliphatic rings. The van der Waals surface area contributed by atoms with Gasteiger partial charge >= 0.3 is 0 Å². The molecule has 2 aromatic heterocycles. The molecule has 1 fully saturated rings. The minimum atomic E-state index is -0.0304. The smallest absolute Gasteiger partial charge is 0.255 e. The molecule has 0 atom stereocenters. The number of pyridine rings is 1. The zero-order valence-electron chi connectivity index (χ0n) is 13.8. The second-order valence-corrected chi connectivity index (χ2v) is 6.42. The number of rotatable bonds is 3. The molecular formula is C20H19N3O2. The molecule has 1 aromatic carbocycles. The number of piperidine rings is 1. The molecule has 25 heavy (non-hydrogen) atoms. The van der Waals surface area contributed by atoms with Gasteiger partial charge in [0.15, 0.2) is 5.78 Å². The summed E-state index contributed by atoms with van der Waals surface area (Å²) in [5.41, 5.74) is 2.34. The number of benzene rings is 1.